The number of nitrogens with zero attached hydrogens (tertiary/aromatic N) is 1. The normalized spacial score (nSPS) is 16.6. The van der Waals surface area contributed by atoms with E-state index in [-0.39, 0.29) is 6.04 Å². The fraction of sp³-hybridized carbons (Fsp3) is 0.625. The number of rotatable bonds is 7. The topological polar surface area (TPSA) is 29.3 Å². The second-order valence-electron chi connectivity index (χ2n) is 5.26. The maximum Gasteiger partial charge on any atom is 0.0333 e. The molecule has 2 heteroatoms. The minimum atomic E-state index is 0.129. The third-order valence-electron chi connectivity index (χ3n) is 3.94. The third kappa shape index (κ3) is 4.11. The van der Waals surface area contributed by atoms with Crippen LogP contribution >= 0.6 is 0 Å². The zero-order chi connectivity index (χ0) is 13.5. The van der Waals surface area contributed by atoms with Crippen molar-refractivity contribution in [2.24, 2.45) is 11.7 Å². The van der Waals surface area contributed by atoms with Crippen LogP contribution in [0.15, 0.2) is 30.3 Å². The maximum atomic E-state index is 6.36. The Kier molecular flexibility index (Phi) is 6.37. The van der Waals surface area contributed by atoms with E-state index in [0.29, 0.717) is 12.0 Å². The third-order valence-corrected chi connectivity index (χ3v) is 3.94. The molecule has 102 valence electrons. The highest BCUT2D eigenvalue weighted by Crippen LogP contribution is 2.21. The summed E-state index contributed by atoms with van der Waals surface area (Å²) in [4.78, 5) is 2.52. The first kappa shape index (κ1) is 15.2. The summed E-state index contributed by atoms with van der Waals surface area (Å²) in [6.07, 6.45) is 1.20. The SMILES string of the molecule is CCC(C)N(CC)CC(C)C(N)c1ccccc1. The summed E-state index contributed by atoms with van der Waals surface area (Å²) in [5.74, 6) is 0.473. The molecular formula is C16H28N2. The number of hydrogen-bond donors (Lipinski definition) is 1. The molecular weight excluding hydrogens is 220 g/mol. The second-order valence-corrected chi connectivity index (χ2v) is 5.26. The predicted molar refractivity (Wildman–Crippen MR) is 79.5 cm³/mol. The largest absolute Gasteiger partial charge is 0.324 e. The Bertz CT molecular complexity index is 323. The average Bonchev–Trinajstić information content (AvgIpc) is 2.43. The lowest BCUT2D eigenvalue weighted by Crippen LogP contribution is -2.38. The summed E-state index contributed by atoms with van der Waals surface area (Å²) >= 11 is 0. The van der Waals surface area contributed by atoms with Crippen LogP contribution in [0, 0.1) is 5.92 Å². The van der Waals surface area contributed by atoms with Crippen LogP contribution in [0.25, 0.3) is 0 Å². The average molecular weight is 248 g/mol. The van der Waals surface area contributed by atoms with Gasteiger partial charge in [-0.25, -0.2) is 0 Å². The van der Waals surface area contributed by atoms with Crippen LogP contribution < -0.4 is 5.73 Å². The van der Waals surface area contributed by atoms with Gasteiger partial charge in [0, 0.05) is 18.6 Å². The fourth-order valence-corrected chi connectivity index (χ4v) is 2.37. The van der Waals surface area contributed by atoms with Gasteiger partial charge in [0.05, 0.1) is 0 Å². The van der Waals surface area contributed by atoms with Gasteiger partial charge in [-0.3, -0.25) is 0 Å². The summed E-state index contributed by atoms with van der Waals surface area (Å²) < 4.78 is 0. The summed E-state index contributed by atoms with van der Waals surface area (Å²) in [6.45, 7) is 11.2. The molecule has 0 radical (unpaired) electrons. The molecule has 0 aliphatic carbocycles. The first-order valence-electron chi connectivity index (χ1n) is 7.14. The summed E-state index contributed by atoms with van der Waals surface area (Å²) in [6, 6.07) is 11.2. The van der Waals surface area contributed by atoms with Crippen molar-refractivity contribution < 1.29 is 0 Å². The van der Waals surface area contributed by atoms with E-state index in [0.717, 1.165) is 13.1 Å². The van der Waals surface area contributed by atoms with Crippen LogP contribution in [0.1, 0.15) is 45.7 Å². The Balaban J connectivity index is 2.61. The summed E-state index contributed by atoms with van der Waals surface area (Å²) in [5.41, 5.74) is 7.60. The molecule has 1 aromatic rings. The molecule has 0 bridgehead atoms. The van der Waals surface area contributed by atoms with Gasteiger partial charge in [-0.2, -0.15) is 0 Å². The number of nitrogens with two attached hydrogens (primary N) is 1. The van der Waals surface area contributed by atoms with Crippen molar-refractivity contribution in [2.45, 2.75) is 46.2 Å². The van der Waals surface area contributed by atoms with Gasteiger partial charge < -0.3 is 10.6 Å². The maximum absolute atomic E-state index is 6.36. The van der Waals surface area contributed by atoms with Crippen LogP contribution in [0.2, 0.25) is 0 Å². The molecule has 0 fully saturated rings. The smallest absolute Gasteiger partial charge is 0.0333 e. The molecule has 0 saturated carbocycles. The van der Waals surface area contributed by atoms with E-state index in [9.17, 15) is 0 Å². The van der Waals surface area contributed by atoms with E-state index in [1.807, 2.05) is 6.07 Å². The van der Waals surface area contributed by atoms with Crippen molar-refractivity contribution in [1.29, 1.82) is 0 Å². The zero-order valence-corrected chi connectivity index (χ0v) is 12.3. The zero-order valence-electron chi connectivity index (χ0n) is 12.3. The van der Waals surface area contributed by atoms with E-state index in [4.69, 9.17) is 5.73 Å². The minimum absolute atomic E-state index is 0.129. The van der Waals surface area contributed by atoms with Gasteiger partial charge in [0.25, 0.3) is 0 Å². The Morgan fingerprint density at radius 2 is 1.72 bits per heavy atom. The van der Waals surface area contributed by atoms with Crippen LogP contribution in [0.4, 0.5) is 0 Å². The highest BCUT2D eigenvalue weighted by Gasteiger charge is 2.19. The van der Waals surface area contributed by atoms with Crippen molar-refractivity contribution in [3.63, 3.8) is 0 Å². The van der Waals surface area contributed by atoms with Crippen LogP contribution in [0.5, 0.6) is 0 Å². The Hall–Kier alpha value is -0.860. The molecule has 18 heavy (non-hydrogen) atoms. The van der Waals surface area contributed by atoms with Gasteiger partial charge in [0.2, 0.25) is 0 Å². The van der Waals surface area contributed by atoms with Gasteiger partial charge in [-0.05, 0) is 31.4 Å². The molecule has 0 amide bonds. The molecule has 3 atom stereocenters. The quantitative estimate of drug-likeness (QED) is 0.801. The first-order chi connectivity index (χ1) is 8.60. The van der Waals surface area contributed by atoms with E-state index in [1.54, 1.807) is 0 Å². The molecule has 3 unspecified atom stereocenters. The molecule has 0 saturated heterocycles. The van der Waals surface area contributed by atoms with Gasteiger partial charge in [0.1, 0.15) is 0 Å². The van der Waals surface area contributed by atoms with E-state index in [2.05, 4.69) is 56.9 Å². The molecule has 0 aromatic heterocycles. The lowest BCUT2D eigenvalue weighted by Gasteiger charge is -2.32. The lowest BCUT2D eigenvalue weighted by atomic mass is 9.94. The molecule has 0 aliphatic heterocycles. The lowest BCUT2D eigenvalue weighted by molar-refractivity contribution is 0.176. The minimum Gasteiger partial charge on any atom is -0.324 e. The Morgan fingerprint density at radius 3 is 2.22 bits per heavy atom. The Morgan fingerprint density at radius 1 is 1.11 bits per heavy atom. The highest BCUT2D eigenvalue weighted by molar-refractivity contribution is 5.19. The van der Waals surface area contributed by atoms with E-state index in [1.165, 1.54) is 12.0 Å². The second kappa shape index (κ2) is 7.55. The predicted octanol–water partition coefficient (Wildman–Crippen LogP) is 3.44. The molecule has 0 heterocycles. The molecule has 2 N–H and O–H groups in total. The number of hydrogen-bond acceptors (Lipinski definition) is 2. The summed E-state index contributed by atoms with van der Waals surface area (Å²) in [5, 5.41) is 0. The van der Waals surface area contributed by atoms with Gasteiger partial charge in [-0.1, -0.05) is 51.1 Å². The van der Waals surface area contributed by atoms with Crippen molar-refractivity contribution in [1.82, 2.24) is 4.90 Å². The monoisotopic (exact) mass is 248 g/mol. The first-order valence-corrected chi connectivity index (χ1v) is 7.14. The van der Waals surface area contributed by atoms with Crippen molar-refractivity contribution >= 4 is 0 Å². The van der Waals surface area contributed by atoms with Gasteiger partial charge in [-0.15, -0.1) is 0 Å². The van der Waals surface area contributed by atoms with E-state index < -0.39 is 0 Å². The van der Waals surface area contributed by atoms with Gasteiger partial charge >= 0.3 is 0 Å². The summed E-state index contributed by atoms with van der Waals surface area (Å²) in [7, 11) is 0. The van der Waals surface area contributed by atoms with E-state index >= 15 is 0 Å². The molecule has 2 nitrogen and oxygen atoms in total. The van der Waals surface area contributed by atoms with Crippen LogP contribution in [-0.4, -0.2) is 24.0 Å². The number of benzene rings is 1. The highest BCUT2D eigenvalue weighted by atomic mass is 15.1. The molecule has 0 aliphatic rings. The van der Waals surface area contributed by atoms with Crippen molar-refractivity contribution in [3.8, 4) is 0 Å². The standard InChI is InChI=1S/C16H28N2/c1-5-14(4)18(6-2)12-13(3)16(17)15-10-8-7-9-11-15/h7-11,13-14,16H,5-6,12,17H2,1-4H3. The van der Waals surface area contributed by atoms with Crippen molar-refractivity contribution in [2.75, 3.05) is 13.1 Å². The Labute approximate surface area is 112 Å². The molecule has 1 aromatic carbocycles. The van der Waals surface area contributed by atoms with Crippen LogP contribution in [-0.2, 0) is 0 Å². The van der Waals surface area contributed by atoms with Gasteiger partial charge in [0.15, 0.2) is 0 Å². The molecule has 0 spiro atoms. The molecule has 1 rings (SSSR count). The fourth-order valence-electron chi connectivity index (χ4n) is 2.37. The van der Waals surface area contributed by atoms with Crippen molar-refractivity contribution in [3.05, 3.63) is 35.9 Å². The van der Waals surface area contributed by atoms with Crippen LogP contribution in [0.3, 0.4) is 0 Å².